The summed E-state index contributed by atoms with van der Waals surface area (Å²) >= 11 is 0. The summed E-state index contributed by atoms with van der Waals surface area (Å²) in [6.45, 7) is 7.63. The zero-order valence-electron chi connectivity index (χ0n) is 9.56. The van der Waals surface area contributed by atoms with Crippen LogP contribution in [0.25, 0.3) is 0 Å². The molecule has 0 amide bonds. The minimum atomic E-state index is 1.09. The van der Waals surface area contributed by atoms with Crippen LogP contribution in [0.3, 0.4) is 0 Å². The highest BCUT2D eigenvalue weighted by Crippen LogP contribution is 2.14. The second-order valence-corrected chi connectivity index (χ2v) is 3.93. The lowest BCUT2D eigenvalue weighted by molar-refractivity contribution is 0.744. The number of anilines is 1. The van der Waals surface area contributed by atoms with Crippen molar-refractivity contribution >= 4 is 5.69 Å². The second-order valence-electron chi connectivity index (χ2n) is 3.93. The Hall–Kier alpha value is -0.980. The van der Waals surface area contributed by atoms with E-state index in [0.717, 1.165) is 6.54 Å². The summed E-state index contributed by atoms with van der Waals surface area (Å²) in [7, 11) is 0. The number of rotatable bonds is 5. The van der Waals surface area contributed by atoms with Gasteiger partial charge in [0.2, 0.25) is 0 Å². The summed E-state index contributed by atoms with van der Waals surface area (Å²) in [6.07, 6.45) is 3.87. The maximum atomic E-state index is 3.45. The van der Waals surface area contributed by atoms with Gasteiger partial charge in [0.1, 0.15) is 0 Å². The molecular formula is C13H21N. The van der Waals surface area contributed by atoms with Crippen LogP contribution >= 0.6 is 0 Å². The van der Waals surface area contributed by atoms with Crippen LogP contribution in [0, 0.1) is 13.8 Å². The second kappa shape index (κ2) is 5.69. The molecule has 0 aliphatic carbocycles. The topological polar surface area (TPSA) is 12.0 Å². The van der Waals surface area contributed by atoms with Gasteiger partial charge in [0, 0.05) is 12.2 Å². The average Bonchev–Trinajstić information content (AvgIpc) is 2.18. The smallest absolute Gasteiger partial charge is 0.0342 e. The number of benzene rings is 1. The van der Waals surface area contributed by atoms with E-state index in [1.165, 1.54) is 36.1 Å². The van der Waals surface area contributed by atoms with E-state index < -0.39 is 0 Å². The third-order valence-electron chi connectivity index (χ3n) is 2.62. The van der Waals surface area contributed by atoms with Gasteiger partial charge in [0.25, 0.3) is 0 Å². The van der Waals surface area contributed by atoms with Crippen LogP contribution in [0.2, 0.25) is 0 Å². The molecule has 0 spiro atoms. The van der Waals surface area contributed by atoms with E-state index in [2.05, 4.69) is 44.3 Å². The van der Waals surface area contributed by atoms with E-state index in [9.17, 15) is 0 Å². The quantitative estimate of drug-likeness (QED) is 0.696. The highest BCUT2D eigenvalue weighted by molar-refractivity contribution is 5.47. The minimum Gasteiger partial charge on any atom is -0.385 e. The maximum absolute atomic E-state index is 3.45. The number of nitrogens with one attached hydrogen (secondary N) is 1. The summed E-state index contributed by atoms with van der Waals surface area (Å²) in [5.41, 5.74) is 3.99. The molecule has 1 aromatic carbocycles. The highest BCUT2D eigenvalue weighted by Gasteiger charge is 1.94. The predicted octanol–water partition coefficient (Wildman–Crippen LogP) is 3.91. The van der Waals surface area contributed by atoms with E-state index in [4.69, 9.17) is 0 Å². The summed E-state index contributed by atoms with van der Waals surface area (Å²) in [4.78, 5) is 0. The van der Waals surface area contributed by atoms with Crippen LogP contribution in [0.1, 0.15) is 37.3 Å². The molecule has 0 fully saturated rings. The van der Waals surface area contributed by atoms with E-state index in [1.807, 2.05) is 0 Å². The zero-order valence-corrected chi connectivity index (χ0v) is 9.56. The first-order valence-corrected chi connectivity index (χ1v) is 5.55. The van der Waals surface area contributed by atoms with Gasteiger partial charge in [-0.25, -0.2) is 0 Å². The molecule has 1 heteroatoms. The third kappa shape index (κ3) is 3.41. The molecule has 0 aromatic heterocycles. The van der Waals surface area contributed by atoms with Crippen molar-refractivity contribution in [2.24, 2.45) is 0 Å². The molecule has 0 unspecified atom stereocenters. The Kier molecular flexibility index (Phi) is 4.51. The lowest BCUT2D eigenvalue weighted by Crippen LogP contribution is -2.01. The van der Waals surface area contributed by atoms with Crippen molar-refractivity contribution in [2.45, 2.75) is 40.0 Å². The fourth-order valence-electron chi connectivity index (χ4n) is 1.46. The van der Waals surface area contributed by atoms with E-state index in [1.54, 1.807) is 0 Å². The van der Waals surface area contributed by atoms with Crippen molar-refractivity contribution in [2.75, 3.05) is 11.9 Å². The summed E-state index contributed by atoms with van der Waals surface area (Å²) < 4.78 is 0. The molecule has 0 saturated carbocycles. The fraction of sp³-hybridized carbons (Fsp3) is 0.538. The normalized spacial score (nSPS) is 10.2. The molecule has 0 aliphatic heterocycles. The molecule has 0 bridgehead atoms. The van der Waals surface area contributed by atoms with Gasteiger partial charge in [-0.3, -0.25) is 0 Å². The Morgan fingerprint density at radius 3 is 2.50 bits per heavy atom. The van der Waals surface area contributed by atoms with Gasteiger partial charge in [-0.2, -0.15) is 0 Å². The molecule has 0 atom stereocenters. The monoisotopic (exact) mass is 191 g/mol. The molecule has 1 N–H and O–H groups in total. The van der Waals surface area contributed by atoms with Crippen LogP contribution in [-0.4, -0.2) is 6.54 Å². The van der Waals surface area contributed by atoms with Crippen molar-refractivity contribution in [3.8, 4) is 0 Å². The highest BCUT2D eigenvalue weighted by atomic mass is 14.9. The number of aryl methyl sites for hydroxylation is 2. The van der Waals surface area contributed by atoms with Gasteiger partial charge in [0.05, 0.1) is 0 Å². The molecule has 0 saturated heterocycles. The molecule has 78 valence electrons. The Morgan fingerprint density at radius 1 is 1.07 bits per heavy atom. The molecular weight excluding hydrogens is 170 g/mol. The van der Waals surface area contributed by atoms with Gasteiger partial charge >= 0.3 is 0 Å². The first kappa shape index (κ1) is 11.1. The van der Waals surface area contributed by atoms with Gasteiger partial charge in [-0.15, -0.1) is 0 Å². The van der Waals surface area contributed by atoms with Crippen molar-refractivity contribution < 1.29 is 0 Å². The first-order valence-electron chi connectivity index (χ1n) is 5.55. The Morgan fingerprint density at radius 2 is 1.86 bits per heavy atom. The van der Waals surface area contributed by atoms with Crippen molar-refractivity contribution in [3.05, 3.63) is 29.3 Å². The number of hydrogen-bond donors (Lipinski definition) is 1. The van der Waals surface area contributed by atoms with Gasteiger partial charge < -0.3 is 5.32 Å². The molecule has 1 aromatic rings. The lowest BCUT2D eigenvalue weighted by Gasteiger charge is -2.08. The van der Waals surface area contributed by atoms with Crippen LogP contribution in [0.15, 0.2) is 18.2 Å². The molecule has 0 heterocycles. The number of hydrogen-bond acceptors (Lipinski definition) is 1. The Balaban J connectivity index is 2.39. The van der Waals surface area contributed by atoms with Crippen molar-refractivity contribution in [3.63, 3.8) is 0 Å². The maximum Gasteiger partial charge on any atom is 0.0342 e. The van der Waals surface area contributed by atoms with Gasteiger partial charge in [-0.05, 0) is 43.5 Å². The van der Waals surface area contributed by atoms with Crippen LogP contribution in [0.5, 0.6) is 0 Å². The zero-order chi connectivity index (χ0) is 10.4. The van der Waals surface area contributed by atoms with Crippen LogP contribution in [0.4, 0.5) is 5.69 Å². The van der Waals surface area contributed by atoms with E-state index >= 15 is 0 Å². The van der Waals surface area contributed by atoms with Gasteiger partial charge in [0.15, 0.2) is 0 Å². The summed E-state index contributed by atoms with van der Waals surface area (Å²) in [5.74, 6) is 0. The molecule has 0 radical (unpaired) electrons. The van der Waals surface area contributed by atoms with Crippen molar-refractivity contribution in [1.82, 2.24) is 0 Å². The fourth-order valence-corrected chi connectivity index (χ4v) is 1.46. The largest absolute Gasteiger partial charge is 0.385 e. The van der Waals surface area contributed by atoms with E-state index in [0.29, 0.717) is 0 Å². The molecule has 1 nitrogen and oxygen atoms in total. The Labute approximate surface area is 87.5 Å². The van der Waals surface area contributed by atoms with Gasteiger partial charge in [-0.1, -0.05) is 25.8 Å². The Bertz CT molecular complexity index is 279. The lowest BCUT2D eigenvalue weighted by atomic mass is 10.1. The SMILES string of the molecule is CCCCCNc1ccc(C)c(C)c1. The number of unbranched alkanes of at least 4 members (excludes halogenated alkanes) is 2. The summed E-state index contributed by atoms with van der Waals surface area (Å²) in [6, 6.07) is 6.56. The molecule has 1 rings (SSSR count). The average molecular weight is 191 g/mol. The van der Waals surface area contributed by atoms with Crippen LogP contribution < -0.4 is 5.32 Å². The predicted molar refractivity (Wildman–Crippen MR) is 63.9 cm³/mol. The summed E-state index contributed by atoms with van der Waals surface area (Å²) in [5, 5.41) is 3.45. The third-order valence-corrected chi connectivity index (χ3v) is 2.62. The first-order chi connectivity index (χ1) is 6.74. The minimum absolute atomic E-state index is 1.09. The van der Waals surface area contributed by atoms with E-state index in [-0.39, 0.29) is 0 Å². The molecule has 14 heavy (non-hydrogen) atoms. The van der Waals surface area contributed by atoms with Crippen molar-refractivity contribution in [1.29, 1.82) is 0 Å². The standard InChI is InChI=1S/C13H21N/c1-4-5-6-9-14-13-8-7-11(2)12(3)10-13/h7-8,10,14H,4-6,9H2,1-3H3. The van der Waals surface area contributed by atoms with Crippen LogP contribution in [-0.2, 0) is 0 Å². The molecule has 0 aliphatic rings.